The molecule has 2 fully saturated rings. The van der Waals surface area contributed by atoms with Crippen LogP contribution in [-0.4, -0.2) is 25.2 Å². The molecule has 0 radical (unpaired) electrons. The fraction of sp³-hybridized carbons (Fsp3) is 0.769. The highest BCUT2D eigenvalue weighted by Crippen LogP contribution is 2.55. The molecule has 3 rings (SSSR count). The molecule has 0 amide bonds. The molecular weight excluding hydrogens is 232 g/mol. The minimum absolute atomic E-state index is 0.162. The van der Waals surface area contributed by atoms with Crippen molar-refractivity contribution in [2.24, 2.45) is 11.8 Å². The summed E-state index contributed by atoms with van der Waals surface area (Å²) in [5.74, 6) is 1.70. The average molecular weight is 252 g/mol. The Hall–Kier alpha value is -0.450. The summed E-state index contributed by atoms with van der Waals surface area (Å²) in [6, 6.07) is 0. The van der Waals surface area contributed by atoms with E-state index in [-0.39, 0.29) is 5.54 Å². The van der Waals surface area contributed by atoms with Crippen molar-refractivity contribution in [1.82, 2.24) is 10.3 Å². The zero-order valence-electron chi connectivity index (χ0n) is 10.3. The van der Waals surface area contributed by atoms with Crippen LogP contribution in [0, 0.1) is 11.8 Å². The molecular formula is C13H20N2OS. The van der Waals surface area contributed by atoms with E-state index < -0.39 is 0 Å². The molecule has 3 nitrogen and oxygen atoms in total. The number of hydrogen-bond acceptors (Lipinski definition) is 4. The van der Waals surface area contributed by atoms with Gasteiger partial charge in [0.2, 0.25) is 0 Å². The Morgan fingerprint density at radius 1 is 1.59 bits per heavy atom. The number of fused-ring (bicyclic) bond motifs is 2. The molecule has 0 aliphatic heterocycles. The molecule has 1 aromatic rings. The van der Waals surface area contributed by atoms with E-state index >= 15 is 0 Å². The highest BCUT2D eigenvalue weighted by atomic mass is 32.1. The van der Waals surface area contributed by atoms with Gasteiger partial charge in [-0.1, -0.05) is 6.42 Å². The summed E-state index contributed by atoms with van der Waals surface area (Å²) < 4.78 is 5.16. The lowest BCUT2D eigenvalue weighted by Gasteiger charge is -2.37. The number of rotatable bonds is 5. The topological polar surface area (TPSA) is 34.1 Å². The van der Waals surface area contributed by atoms with E-state index in [0.717, 1.165) is 25.0 Å². The summed E-state index contributed by atoms with van der Waals surface area (Å²) in [6.07, 6.45) is 7.38. The lowest BCUT2D eigenvalue weighted by molar-refractivity contribution is 0.157. The Morgan fingerprint density at radius 3 is 3.12 bits per heavy atom. The molecule has 3 atom stereocenters. The second kappa shape index (κ2) is 4.67. The van der Waals surface area contributed by atoms with Crippen molar-refractivity contribution < 1.29 is 4.74 Å². The first-order valence-electron chi connectivity index (χ1n) is 6.49. The van der Waals surface area contributed by atoms with Crippen molar-refractivity contribution >= 4 is 11.3 Å². The molecule has 2 bridgehead atoms. The van der Waals surface area contributed by atoms with Crippen LogP contribution in [0.1, 0.15) is 30.7 Å². The summed E-state index contributed by atoms with van der Waals surface area (Å²) in [6.45, 7) is 1.71. The van der Waals surface area contributed by atoms with E-state index in [2.05, 4.69) is 15.7 Å². The van der Waals surface area contributed by atoms with Crippen molar-refractivity contribution in [3.63, 3.8) is 0 Å². The molecule has 94 valence electrons. The zero-order chi connectivity index (χ0) is 11.7. The molecule has 1 aromatic heterocycles. The van der Waals surface area contributed by atoms with Crippen molar-refractivity contribution in [3.8, 4) is 0 Å². The number of aromatic nitrogens is 1. The maximum absolute atomic E-state index is 5.16. The molecule has 4 heteroatoms. The summed E-state index contributed by atoms with van der Waals surface area (Å²) >= 11 is 1.80. The van der Waals surface area contributed by atoms with Crippen LogP contribution >= 0.6 is 11.3 Å². The van der Waals surface area contributed by atoms with Crippen LogP contribution in [0.2, 0.25) is 0 Å². The van der Waals surface area contributed by atoms with Gasteiger partial charge in [-0.05, 0) is 31.1 Å². The largest absolute Gasteiger partial charge is 0.383 e. The van der Waals surface area contributed by atoms with Gasteiger partial charge in [0.25, 0.3) is 0 Å². The molecule has 17 heavy (non-hydrogen) atoms. The van der Waals surface area contributed by atoms with Gasteiger partial charge >= 0.3 is 0 Å². The van der Waals surface area contributed by atoms with Crippen LogP contribution in [-0.2, 0) is 10.3 Å². The third kappa shape index (κ3) is 1.92. The molecule has 2 aliphatic carbocycles. The Labute approximate surface area is 107 Å². The predicted octanol–water partition coefficient (Wildman–Crippen LogP) is 2.39. The number of ether oxygens (including phenoxy) is 1. The number of thiazole rings is 1. The quantitative estimate of drug-likeness (QED) is 0.817. The summed E-state index contributed by atoms with van der Waals surface area (Å²) in [7, 11) is 1.76. The van der Waals surface area contributed by atoms with Crippen molar-refractivity contribution in [1.29, 1.82) is 0 Å². The molecule has 0 aromatic carbocycles. The minimum atomic E-state index is 0.162. The average Bonchev–Trinajstić information content (AvgIpc) is 3.06. The highest BCUT2D eigenvalue weighted by Gasteiger charge is 2.52. The molecule has 2 saturated carbocycles. The van der Waals surface area contributed by atoms with E-state index in [1.165, 1.54) is 30.7 Å². The van der Waals surface area contributed by atoms with Gasteiger partial charge in [-0.15, -0.1) is 11.3 Å². The molecule has 2 aliphatic rings. The lowest BCUT2D eigenvalue weighted by atomic mass is 9.81. The zero-order valence-corrected chi connectivity index (χ0v) is 11.1. The first-order chi connectivity index (χ1) is 8.35. The number of nitrogens with zero attached hydrogens (tertiary/aromatic N) is 1. The Balaban J connectivity index is 1.81. The van der Waals surface area contributed by atoms with Crippen LogP contribution in [0.4, 0.5) is 0 Å². The third-order valence-electron chi connectivity index (χ3n) is 4.41. The molecule has 1 N–H and O–H groups in total. The van der Waals surface area contributed by atoms with Crippen molar-refractivity contribution in [2.75, 3.05) is 20.3 Å². The van der Waals surface area contributed by atoms with E-state index in [4.69, 9.17) is 4.74 Å². The SMILES string of the molecule is COCCNC1(c2nccs2)CC2CCC1C2. The minimum Gasteiger partial charge on any atom is -0.383 e. The summed E-state index contributed by atoms with van der Waals surface area (Å²) in [4.78, 5) is 4.58. The lowest BCUT2D eigenvalue weighted by Crippen LogP contribution is -2.47. The van der Waals surface area contributed by atoms with E-state index in [1.807, 2.05) is 6.20 Å². The third-order valence-corrected chi connectivity index (χ3v) is 5.36. The molecule has 3 unspecified atom stereocenters. The molecule has 0 saturated heterocycles. The van der Waals surface area contributed by atoms with E-state index in [1.54, 1.807) is 18.4 Å². The fourth-order valence-electron chi connectivity index (χ4n) is 3.70. The van der Waals surface area contributed by atoms with Gasteiger partial charge in [0.1, 0.15) is 5.01 Å². The normalized spacial score (nSPS) is 35.6. The van der Waals surface area contributed by atoms with Crippen LogP contribution < -0.4 is 5.32 Å². The summed E-state index contributed by atoms with van der Waals surface area (Å²) in [5, 5.41) is 7.14. The first-order valence-corrected chi connectivity index (χ1v) is 7.37. The smallest absolute Gasteiger partial charge is 0.113 e. The van der Waals surface area contributed by atoms with Gasteiger partial charge in [-0.25, -0.2) is 4.98 Å². The van der Waals surface area contributed by atoms with Crippen molar-refractivity contribution in [3.05, 3.63) is 16.6 Å². The fourth-order valence-corrected chi connectivity index (χ4v) is 4.61. The van der Waals surface area contributed by atoms with E-state index in [0.29, 0.717) is 0 Å². The number of nitrogens with one attached hydrogen (secondary N) is 1. The Morgan fingerprint density at radius 2 is 2.53 bits per heavy atom. The van der Waals surface area contributed by atoms with Gasteiger partial charge in [0.15, 0.2) is 0 Å². The maximum Gasteiger partial charge on any atom is 0.113 e. The van der Waals surface area contributed by atoms with Gasteiger partial charge in [-0.3, -0.25) is 0 Å². The Kier molecular flexibility index (Phi) is 3.19. The first kappa shape index (κ1) is 11.6. The van der Waals surface area contributed by atoms with Crippen LogP contribution in [0.3, 0.4) is 0 Å². The second-order valence-electron chi connectivity index (χ2n) is 5.31. The molecule has 1 heterocycles. The van der Waals surface area contributed by atoms with E-state index in [9.17, 15) is 0 Å². The van der Waals surface area contributed by atoms with Gasteiger partial charge in [-0.2, -0.15) is 0 Å². The maximum atomic E-state index is 5.16. The van der Waals surface area contributed by atoms with Crippen LogP contribution in [0.25, 0.3) is 0 Å². The molecule has 0 spiro atoms. The Bertz CT molecular complexity index is 368. The number of hydrogen-bond donors (Lipinski definition) is 1. The predicted molar refractivity (Wildman–Crippen MR) is 69.1 cm³/mol. The second-order valence-corrected chi connectivity index (χ2v) is 6.20. The monoisotopic (exact) mass is 252 g/mol. The standard InChI is InChI=1S/C13H20N2OS/c1-16-6-4-15-13(12-14-5-7-17-12)9-10-2-3-11(13)8-10/h5,7,10-11,15H,2-4,6,8-9H2,1H3. The van der Waals surface area contributed by atoms with Crippen LogP contribution in [0.15, 0.2) is 11.6 Å². The highest BCUT2D eigenvalue weighted by molar-refractivity contribution is 7.09. The van der Waals surface area contributed by atoms with Gasteiger partial charge in [0.05, 0.1) is 12.1 Å². The summed E-state index contributed by atoms with van der Waals surface area (Å²) in [5.41, 5.74) is 0.162. The van der Waals surface area contributed by atoms with Gasteiger partial charge < -0.3 is 10.1 Å². The van der Waals surface area contributed by atoms with Gasteiger partial charge in [0, 0.05) is 25.2 Å². The van der Waals surface area contributed by atoms with Crippen LogP contribution in [0.5, 0.6) is 0 Å². The number of methoxy groups -OCH3 is 1. The van der Waals surface area contributed by atoms with Crippen molar-refractivity contribution in [2.45, 2.75) is 31.2 Å².